The van der Waals surface area contributed by atoms with Gasteiger partial charge in [0.05, 0.1) is 0 Å². The highest BCUT2D eigenvalue weighted by atomic mass is 31.2. The Bertz CT molecular complexity index is 139. The minimum atomic E-state index is -4.48. The maximum absolute atomic E-state index is 10.3. The summed E-state index contributed by atoms with van der Waals surface area (Å²) < 4.78 is 10.3. The standard InChI is InChI=1S/C4H12NO3P/c1-3-4(2,5)9(6,7)8/h3,5H2,1-2H3,(H2,6,7,8)/p-1/t4-/m0/s1. The summed E-state index contributed by atoms with van der Waals surface area (Å²) in [6.45, 7) is 2.95. The Hall–Kier alpha value is 0.110. The Morgan fingerprint density at radius 1 is 1.67 bits per heavy atom. The lowest BCUT2D eigenvalue weighted by Gasteiger charge is -2.40. The predicted octanol–water partition coefficient (Wildman–Crippen LogP) is -1.73. The van der Waals surface area contributed by atoms with Gasteiger partial charge in [0, 0.05) is 6.42 Å². The molecule has 0 heterocycles. The summed E-state index contributed by atoms with van der Waals surface area (Å²) in [5.74, 6) is 0. The fraction of sp³-hybridized carbons (Fsp3) is 1.00. The van der Waals surface area contributed by atoms with Crippen LogP contribution in [0.25, 0.3) is 0 Å². The van der Waals surface area contributed by atoms with E-state index < -0.39 is 12.9 Å². The smallest absolute Gasteiger partial charge is 0.116 e. The van der Waals surface area contributed by atoms with Crippen LogP contribution in [0.2, 0.25) is 0 Å². The van der Waals surface area contributed by atoms with E-state index in [1.54, 1.807) is 6.92 Å². The third kappa shape index (κ3) is 2.06. The second kappa shape index (κ2) is 2.39. The molecule has 0 spiro atoms. The van der Waals surface area contributed by atoms with E-state index in [4.69, 9.17) is 0 Å². The Morgan fingerprint density at radius 3 is 2.00 bits per heavy atom. The van der Waals surface area contributed by atoms with Gasteiger partial charge >= 0.3 is 0 Å². The molecule has 0 aromatic heterocycles. The molecule has 0 amide bonds. The van der Waals surface area contributed by atoms with Crippen LogP contribution in [-0.4, -0.2) is 5.28 Å². The van der Waals surface area contributed by atoms with E-state index in [1.807, 2.05) is 0 Å². The Labute approximate surface area is 54.2 Å². The molecule has 5 heteroatoms. The summed E-state index contributed by atoms with van der Waals surface area (Å²) in [6.07, 6.45) is 0.261. The zero-order valence-electron chi connectivity index (χ0n) is 5.59. The summed E-state index contributed by atoms with van der Waals surface area (Å²) >= 11 is 0. The van der Waals surface area contributed by atoms with E-state index in [2.05, 4.69) is 5.73 Å². The molecule has 3 N–H and O–H groups in total. The molecule has 0 aromatic carbocycles. The number of hydrogen-bond donors (Lipinski definition) is 1. The van der Waals surface area contributed by atoms with Gasteiger partial charge in [0.15, 0.2) is 0 Å². The van der Waals surface area contributed by atoms with Crippen molar-refractivity contribution in [2.45, 2.75) is 25.5 Å². The van der Waals surface area contributed by atoms with Crippen molar-refractivity contribution in [1.29, 1.82) is 0 Å². The van der Waals surface area contributed by atoms with Crippen molar-refractivity contribution in [3.8, 4) is 0 Å². The largest absolute Gasteiger partial charge is 0.806 e. The van der Waals surface area contributed by atoms with Crippen LogP contribution in [-0.2, 0) is 4.57 Å². The van der Waals surface area contributed by atoms with E-state index in [-0.39, 0.29) is 6.42 Å². The average Bonchev–Trinajstić information content (AvgIpc) is 1.64. The van der Waals surface area contributed by atoms with Crippen molar-refractivity contribution < 1.29 is 20.1 Å². The summed E-state index contributed by atoms with van der Waals surface area (Å²) in [5, 5.41) is -1.33. The molecule has 0 saturated carbocycles. The van der Waals surface area contributed by atoms with Crippen LogP contribution in [0.4, 0.5) is 0 Å². The first-order valence-corrected chi connectivity index (χ1v) is 4.23. The van der Waals surface area contributed by atoms with Gasteiger partial charge in [-0.3, -0.25) is 0 Å². The first kappa shape index (κ1) is 9.11. The molecule has 0 aliphatic carbocycles. The topological polar surface area (TPSA) is 90.8 Å². The van der Waals surface area contributed by atoms with Crippen molar-refractivity contribution in [2.24, 2.45) is 0 Å². The van der Waals surface area contributed by atoms with Gasteiger partial charge in [0.1, 0.15) is 5.28 Å². The zero-order chi connectivity index (χ0) is 7.71. The molecule has 56 valence electrons. The van der Waals surface area contributed by atoms with Crippen molar-refractivity contribution >= 4 is 7.60 Å². The van der Waals surface area contributed by atoms with Gasteiger partial charge in [-0.25, -0.2) is 0 Å². The van der Waals surface area contributed by atoms with Gasteiger partial charge in [0.25, 0.3) is 0 Å². The van der Waals surface area contributed by atoms with Crippen molar-refractivity contribution in [3.63, 3.8) is 0 Å². The number of rotatable bonds is 2. The van der Waals surface area contributed by atoms with Gasteiger partial charge in [0.2, 0.25) is 0 Å². The van der Waals surface area contributed by atoms with E-state index in [1.165, 1.54) is 6.92 Å². The Kier molecular flexibility index (Phi) is 2.41. The van der Waals surface area contributed by atoms with E-state index in [0.717, 1.165) is 0 Å². The minimum Gasteiger partial charge on any atom is -0.806 e. The monoisotopic (exact) mass is 152 g/mol. The van der Waals surface area contributed by atoms with Gasteiger partial charge < -0.3 is 20.1 Å². The SMILES string of the molecule is CC[C@@](C)([NH3+])P(=O)([O-])[O-]. The second-order valence-corrected chi connectivity index (χ2v) is 4.42. The molecule has 0 unspecified atom stereocenters. The molecule has 0 aliphatic rings. The third-order valence-corrected chi connectivity index (χ3v) is 3.06. The number of quaternary nitrogens is 1. The van der Waals surface area contributed by atoms with Crippen molar-refractivity contribution in [3.05, 3.63) is 0 Å². The highest BCUT2D eigenvalue weighted by molar-refractivity contribution is 7.50. The fourth-order valence-electron chi connectivity index (χ4n) is 0.194. The molecule has 1 atom stereocenters. The van der Waals surface area contributed by atoms with Gasteiger partial charge in [-0.1, -0.05) is 6.92 Å². The Balaban J connectivity index is 4.34. The first-order chi connectivity index (χ1) is 3.81. The highest BCUT2D eigenvalue weighted by Gasteiger charge is 2.24. The molecule has 9 heavy (non-hydrogen) atoms. The molecule has 0 bridgehead atoms. The van der Waals surface area contributed by atoms with E-state index in [0.29, 0.717) is 0 Å². The minimum absolute atomic E-state index is 0.261. The first-order valence-electron chi connectivity index (χ1n) is 2.69. The maximum atomic E-state index is 10.3. The van der Waals surface area contributed by atoms with Crippen molar-refractivity contribution in [2.75, 3.05) is 0 Å². The van der Waals surface area contributed by atoms with Gasteiger partial charge in [-0.05, 0) is 14.5 Å². The predicted molar refractivity (Wildman–Crippen MR) is 29.2 cm³/mol. The van der Waals surface area contributed by atoms with Gasteiger partial charge in [-0.15, -0.1) is 0 Å². The second-order valence-electron chi connectivity index (χ2n) is 2.35. The van der Waals surface area contributed by atoms with Crippen molar-refractivity contribution in [1.82, 2.24) is 0 Å². The lowest BCUT2D eigenvalue weighted by Crippen LogP contribution is -2.72. The summed E-state index contributed by atoms with van der Waals surface area (Å²) in [7, 11) is -4.48. The molecular formula is C4H11NO3P-. The molecule has 0 rings (SSSR count). The fourth-order valence-corrected chi connectivity index (χ4v) is 0.581. The molecule has 0 fully saturated rings. The zero-order valence-corrected chi connectivity index (χ0v) is 6.48. The summed E-state index contributed by atoms with van der Waals surface area (Å²) in [4.78, 5) is 20.6. The lowest BCUT2D eigenvalue weighted by molar-refractivity contribution is -0.472. The summed E-state index contributed by atoms with van der Waals surface area (Å²) in [5.41, 5.74) is 3.27. The van der Waals surface area contributed by atoms with Gasteiger partial charge in [-0.2, -0.15) is 0 Å². The average molecular weight is 152 g/mol. The Morgan fingerprint density at radius 2 is 2.00 bits per heavy atom. The molecule has 4 nitrogen and oxygen atoms in total. The molecular weight excluding hydrogens is 141 g/mol. The third-order valence-electron chi connectivity index (χ3n) is 1.42. The van der Waals surface area contributed by atoms with Crippen LogP contribution in [0.5, 0.6) is 0 Å². The van der Waals surface area contributed by atoms with Crippen LogP contribution in [0, 0.1) is 0 Å². The molecule has 0 aliphatic heterocycles. The molecule has 0 saturated heterocycles. The van der Waals surface area contributed by atoms with Crippen LogP contribution < -0.4 is 15.5 Å². The lowest BCUT2D eigenvalue weighted by atomic mass is 10.3. The molecule has 0 aromatic rings. The maximum Gasteiger partial charge on any atom is 0.116 e. The van der Waals surface area contributed by atoms with Crippen LogP contribution >= 0.6 is 7.60 Å². The highest BCUT2D eigenvalue weighted by Crippen LogP contribution is 2.38. The normalized spacial score (nSPS) is 19.2. The van der Waals surface area contributed by atoms with E-state index in [9.17, 15) is 14.4 Å². The quantitative estimate of drug-likeness (QED) is 0.476. The van der Waals surface area contributed by atoms with E-state index >= 15 is 0 Å². The molecule has 0 radical (unpaired) electrons. The number of hydrogen-bond acceptors (Lipinski definition) is 3. The van der Waals surface area contributed by atoms with Crippen LogP contribution in [0.3, 0.4) is 0 Å². The van der Waals surface area contributed by atoms with Crippen LogP contribution in [0.1, 0.15) is 20.3 Å². The van der Waals surface area contributed by atoms with Crippen LogP contribution in [0.15, 0.2) is 0 Å². The summed E-state index contributed by atoms with van der Waals surface area (Å²) in [6, 6.07) is 0.